The molecule has 6 nitrogen and oxygen atoms in total. The number of rotatable bonds is 3. The van der Waals surface area contributed by atoms with Gasteiger partial charge >= 0.3 is 6.03 Å². The third kappa shape index (κ3) is 3.64. The van der Waals surface area contributed by atoms with Gasteiger partial charge in [0.2, 0.25) is 0 Å². The van der Waals surface area contributed by atoms with E-state index in [9.17, 15) is 14.4 Å². The molecule has 2 aromatic carbocycles. The smallest absolute Gasteiger partial charge is 0.335 e. The fraction of sp³-hybridized carbons (Fsp3) is 0.0455. The van der Waals surface area contributed by atoms with E-state index in [0.717, 1.165) is 20.5 Å². The number of hydrogen-bond donors (Lipinski definition) is 1. The summed E-state index contributed by atoms with van der Waals surface area (Å²) in [6, 6.07) is 17.2. The molecule has 1 aliphatic heterocycles. The summed E-state index contributed by atoms with van der Waals surface area (Å²) in [4.78, 5) is 38.5. The molecule has 0 radical (unpaired) electrons. The second-order valence-electron chi connectivity index (χ2n) is 6.45. The van der Waals surface area contributed by atoms with Crippen molar-refractivity contribution in [2.75, 3.05) is 4.90 Å². The van der Waals surface area contributed by atoms with E-state index in [1.54, 1.807) is 43.3 Å². The monoisotopic (exact) mass is 450 g/mol. The summed E-state index contributed by atoms with van der Waals surface area (Å²) in [5, 5.41) is 2.21. The Kier molecular flexibility index (Phi) is 4.90. The first-order valence-corrected chi connectivity index (χ1v) is 9.56. The van der Waals surface area contributed by atoms with Crippen LogP contribution in [-0.2, 0) is 9.59 Å². The van der Waals surface area contributed by atoms with Gasteiger partial charge in [-0.1, -0.05) is 46.3 Å². The summed E-state index contributed by atoms with van der Waals surface area (Å²) in [6.45, 7) is 1.78. The average Bonchev–Trinajstić information content (AvgIpc) is 3.16. The Hall–Kier alpha value is -3.45. The van der Waals surface area contributed by atoms with Crippen LogP contribution in [0.1, 0.15) is 11.3 Å². The van der Waals surface area contributed by atoms with Crippen LogP contribution in [0.25, 0.3) is 17.4 Å². The van der Waals surface area contributed by atoms with Crippen molar-refractivity contribution in [3.05, 3.63) is 82.0 Å². The van der Waals surface area contributed by atoms with Crippen molar-refractivity contribution in [3.8, 4) is 11.3 Å². The molecule has 3 aromatic rings. The highest BCUT2D eigenvalue weighted by molar-refractivity contribution is 9.10. The van der Waals surface area contributed by atoms with E-state index in [4.69, 9.17) is 4.42 Å². The molecule has 0 spiro atoms. The van der Waals surface area contributed by atoms with E-state index >= 15 is 0 Å². The lowest BCUT2D eigenvalue weighted by Gasteiger charge is -2.27. The van der Waals surface area contributed by atoms with Gasteiger partial charge in [0, 0.05) is 10.0 Å². The minimum atomic E-state index is -0.776. The van der Waals surface area contributed by atoms with Gasteiger partial charge in [-0.2, -0.15) is 0 Å². The van der Waals surface area contributed by atoms with Gasteiger partial charge in [0.25, 0.3) is 11.8 Å². The number of barbiturate groups is 1. The molecule has 4 amide bonds. The molecule has 0 atom stereocenters. The zero-order valence-electron chi connectivity index (χ0n) is 15.3. The van der Waals surface area contributed by atoms with Gasteiger partial charge in [-0.25, -0.2) is 9.69 Å². The van der Waals surface area contributed by atoms with E-state index in [1.165, 1.54) is 6.08 Å². The Bertz CT molecular complexity index is 1160. The van der Waals surface area contributed by atoms with E-state index in [-0.39, 0.29) is 5.57 Å². The Morgan fingerprint density at radius 1 is 0.966 bits per heavy atom. The Morgan fingerprint density at radius 2 is 1.69 bits per heavy atom. The molecule has 0 saturated carbocycles. The number of carbonyl (C=O) groups is 3. The molecule has 1 aliphatic rings. The lowest BCUT2D eigenvalue weighted by Crippen LogP contribution is -2.54. The molecule has 1 N–H and O–H groups in total. The van der Waals surface area contributed by atoms with Crippen LogP contribution in [0.3, 0.4) is 0 Å². The van der Waals surface area contributed by atoms with Crippen molar-refractivity contribution in [1.29, 1.82) is 0 Å². The largest absolute Gasteiger partial charge is 0.457 e. The van der Waals surface area contributed by atoms with Crippen LogP contribution in [0, 0.1) is 6.92 Å². The second-order valence-corrected chi connectivity index (χ2v) is 7.37. The molecule has 4 rings (SSSR count). The van der Waals surface area contributed by atoms with Crippen molar-refractivity contribution in [1.82, 2.24) is 5.32 Å². The number of benzene rings is 2. The number of nitrogens with one attached hydrogen (secondary N) is 1. The van der Waals surface area contributed by atoms with Crippen LogP contribution < -0.4 is 10.2 Å². The molecule has 144 valence electrons. The predicted octanol–water partition coefficient (Wildman–Crippen LogP) is 4.68. The molecular weight excluding hydrogens is 436 g/mol. The lowest BCUT2D eigenvalue weighted by molar-refractivity contribution is -0.122. The molecular formula is C22H15BrN2O4. The number of halogens is 1. The van der Waals surface area contributed by atoms with Crippen molar-refractivity contribution in [3.63, 3.8) is 0 Å². The maximum atomic E-state index is 12.9. The van der Waals surface area contributed by atoms with Crippen LogP contribution in [-0.4, -0.2) is 17.8 Å². The van der Waals surface area contributed by atoms with Crippen molar-refractivity contribution in [2.24, 2.45) is 0 Å². The summed E-state index contributed by atoms with van der Waals surface area (Å²) in [7, 11) is 0. The SMILES string of the molecule is Cc1ccccc1N1C(=O)NC(=O)/C(=C/c2ccc(-c3ccc(Br)cc3)o2)C1=O. The Labute approximate surface area is 174 Å². The average molecular weight is 451 g/mol. The first kappa shape index (κ1) is 18.9. The highest BCUT2D eigenvalue weighted by Crippen LogP contribution is 2.27. The van der Waals surface area contributed by atoms with Crippen LogP contribution in [0.4, 0.5) is 10.5 Å². The quantitative estimate of drug-likeness (QED) is 0.463. The van der Waals surface area contributed by atoms with Crippen LogP contribution in [0.15, 0.2) is 75.1 Å². The third-order valence-corrected chi connectivity index (χ3v) is 5.03. The number of urea groups is 1. The number of aryl methyl sites for hydroxylation is 1. The molecule has 2 heterocycles. The van der Waals surface area contributed by atoms with E-state index in [1.807, 2.05) is 24.3 Å². The normalized spacial score (nSPS) is 15.7. The Balaban J connectivity index is 1.68. The number of carbonyl (C=O) groups excluding carboxylic acids is 3. The summed E-state index contributed by atoms with van der Waals surface area (Å²) in [6.07, 6.45) is 1.34. The molecule has 0 unspecified atom stereocenters. The van der Waals surface area contributed by atoms with Gasteiger partial charge in [0.15, 0.2) is 0 Å². The van der Waals surface area contributed by atoms with Gasteiger partial charge in [-0.3, -0.25) is 14.9 Å². The van der Waals surface area contributed by atoms with Crippen LogP contribution in [0.5, 0.6) is 0 Å². The standard InChI is InChI=1S/C22H15BrN2O4/c1-13-4-2-3-5-18(13)25-21(27)17(20(26)24-22(25)28)12-16-10-11-19(29-16)14-6-8-15(23)9-7-14/h2-12H,1H3,(H,24,26,28)/b17-12-. The van der Waals surface area contributed by atoms with Gasteiger partial charge in [-0.15, -0.1) is 0 Å². The summed E-state index contributed by atoms with van der Waals surface area (Å²) >= 11 is 3.38. The lowest BCUT2D eigenvalue weighted by atomic mass is 10.1. The van der Waals surface area contributed by atoms with Gasteiger partial charge in [0.05, 0.1) is 5.69 Å². The molecule has 1 aromatic heterocycles. The van der Waals surface area contributed by atoms with Gasteiger partial charge in [0.1, 0.15) is 17.1 Å². The number of imide groups is 2. The van der Waals surface area contributed by atoms with E-state index in [2.05, 4.69) is 21.2 Å². The fourth-order valence-electron chi connectivity index (χ4n) is 3.03. The number of para-hydroxylation sites is 1. The zero-order valence-corrected chi connectivity index (χ0v) is 16.9. The summed E-state index contributed by atoms with van der Waals surface area (Å²) in [5.41, 5.74) is 1.84. The second kappa shape index (κ2) is 7.52. The summed E-state index contributed by atoms with van der Waals surface area (Å²) in [5.74, 6) is -0.526. The van der Waals surface area contributed by atoms with Crippen molar-refractivity contribution >= 4 is 45.5 Å². The van der Waals surface area contributed by atoms with Crippen LogP contribution in [0.2, 0.25) is 0 Å². The first-order valence-electron chi connectivity index (χ1n) is 8.77. The maximum Gasteiger partial charge on any atom is 0.335 e. The Morgan fingerprint density at radius 3 is 2.41 bits per heavy atom. The van der Waals surface area contributed by atoms with E-state index in [0.29, 0.717) is 17.2 Å². The fourth-order valence-corrected chi connectivity index (χ4v) is 3.30. The molecule has 1 fully saturated rings. The molecule has 7 heteroatoms. The zero-order chi connectivity index (χ0) is 20.5. The number of nitrogens with zero attached hydrogens (tertiary/aromatic N) is 1. The van der Waals surface area contributed by atoms with Gasteiger partial charge < -0.3 is 4.42 Å². The minimum absolute atomic E-state index is 0.176. The molecule has 1 saturated heterocycles. The van der Waals surface area contributed by atoms with E-state index < -0.39 is 17.8 Å². The van der Waals surface area contributed by atoms with Crippen molar-refractivity contribution in [2.45, 2.75) is 6.92 Å². The minimum Gasteiger partial charge on any atom is -0.457 e. The first-order chi connectivity index (χ1) is 13.9. The number of furan rings is 1. The molecule has 0 bridgehead atoms. The van der Waals surface area contributed by atoms with Crippen LogP contribution >= 0.6 is 15.9 Å². The maximum absolute atomic E-state index is 12.9. The highest BCUT2D eigenvalue weighted by Gasteiger charge is 2.37. The molecule has 0 aliphatic carbocycles. The summed E-state index contributed by atoms with van der Waals surface area (Å²) < 4.78 is 6.72. The number of hydrogen-bond acceptors (Lipinski definition) is 4. The number of amides is 4. The van der Waals surface area contributed by atoms with Crippen molar-refractivity contribution < 1.29 is 18.8 Å². The predicted molar refractivity (Wildman–Crippen MR) is 112 cm³/mol. The number of anilines is 1. The molecule has 29 heavy (non-hydrogen) atoms. The highest BCUT2D eigenvalue weighted by atomic mass is 79.9. The topological polar surface area (TPSA) is 79.6 Å². The van der Waals surface area contributed by atoms with Gasteiger partial charge in [-0.05, 0) is 48.9 Å². The third-order valence-electron chi connectivity index (χ3n) is 4.50.